The van der Waals surface area contributed by atoms with E-state index in [2.05, 4.69) is 17.0 Å². The quantitative estimate of drug-likeness (QED) is 0.417. The summed E-state index contributed by atoms with van der Waals surface area (Å²) in [4.78, 5) is 24.2. The van der Waals surface area contributed by atoms with Gasteiger partial charge in [-0.1, -0.05) is 19.4 Å². The molecular weight excluding hydrogens is 350 g/mol. The average molecular weight is 373 g/mol. The van der Waals surface area contributed by atoms with Crippen molar-refractivity contribution >= 4 is 17.6 Å². The maximum Gasteiger partial charge on any atom is 0.341 e. The maximum atomic E-state index is 12.5. The lowest BCUT2D eigenvalue weighted by Crippen LogP contribution is -2.13. The highest BCUT2D eigenvalue weighted by molar-refractivity contribution is 6.06. The summed E-state index contributed by atoms with van der Waals surface area (Å²) in [6.45, 7) is 2.63. The lowest BCUT2D eigenvalue weighted by atomic mass is 10.1. The van der Waals surface area contributed by atoms with E-state index in [1.807, 2.05) is 0 Å². The van der Waals surface area contributed by atoms with Crippen LogP contribution in [0.2, 0.25) is 0 Å². The van der Waals surface area contributed by atoms with Crippen molar-refractivity contribution in [1.82, 2.24) is 0 Å². The number of esters is 1. The number of unbranched alkanes of at least 4 members (excludes halogenated alkanes) is 1. The standard InChI is InChI=1S/C20H23NO6/c1-4-5-11-27-16-10-9-13(12-17(16)25-2)19(23)21-15-8-6-7-14(18(15)22)20(24)26-3/h6-10,12,22H,4-5,11H2,1-3H3,(H,21,23). The fourth-order valence-electron chi connectivity index (χ4n) is 2.37. The zero-order valence-electron chi connectivity index (χ0n) is 15.6. The van der Waals surface area contributed by atoms with Crippen molar-refractivity contribution in [2.45, 2.75) is 19.8 Å². The Kier molecular flexibility index (Phi) is 7.05. The van der Waals surface area contributed by atoms with Crippen LogP contribution in [0, 0.1) is 0 Å². The molecule has 0 unspecified atom stereocenters. The average Bonchev–Trinajstić information content (AvgIpc) is 2.69. The molecule has 0 aromatic heterocycles. The summed E-state index contributed by atoms with van der Waals surface area (Å²) < 4.78 is 15.5. The summed E-state index contributed by atoms with van der Waals surface area (Å²) in [7, 11) is 2.71. The predicted octanol–water partition coefficient (Wildman–Crippen LogP) is 3.62. The highest BCUT2D eigenvalue weighted by atomic mass is 16.5. The van der Waals surface area contributed by atoms with Crippen LogP contribution >= 0.6 is 0 Å². The topological polar surface area (TPSA) is 94.1 Å². The Hall–Kier alpha value is -3.22. The second-order valence-electron chi connectivity index (χ2n) is 5.72. The van der Waals surface area contributed by atoms with Gasteiger partial charge in [0.25, 0.3) is 5.91 Å². The number of aromatic hydroxyl groups is 1. The summed E-state index contributed by atoms with van der Waals surface area (Å²) >= 11 is 0. The van der Waals surface area contributed by atoms with Crippen molar-refractivity contribution < 1.29 is 28.9 Å². The number of phenolic OH excluding ortho intramolecular Hbond substituents is 1. The molecule has 27 heavy (non-hydrogen) atoms. The fraction of sp³-hybridized carbons (Fsp3) is 0.300. The number of anilines is 1. The van der Waals surface area contributed by atoms with E-state index < -0.39 is 11.9 Å². The molecule has 0 aliphatic heterocycles. The highest BCUT2D eigenvalue weighted by Crippen LogP contribution is 2.31. The van der Waals surface area contributed by atoms with Crippen LogP contribution in [0.25, 0.3) is 0 Å². The van der Waals surface area contributed by atoms with Gasteiger partial charge in [-0.2, -0.15) is 0 Å². The molecule has 0 bridgehead atoms. The van der Waals surface area contributed by atoms with E-state index in [-0.39, 0.29) is 17.0 Å². The number of hydrogen-bond acceptors (Lipinski definition) is 6. The minimum Gasteiger partial charge on any atom is -0.505 e. The molecule has 0 atom stereocenters. The third-order valence-corrected chi connectivity index (χ3v) is 3.87. The van der Waals surface area contributed by atoms with Crippen LogP contribution in [0.4, 0.5) is 5.69 Å². The molecule has 2 aromatic rings. The van der Waals surface area contributed by atoms with Crippen LogP contribution in [0.1, 0.15) is 40.5 Å². The lowest BCUT2D eigenvalue weighted by Gasteiger charge is -2.13. The molecule has 7 heteroatoms. The van der Waals surface area contributed by atoms with Crippen molar-refractivity contribution in [1.29, 1.82) is 0 Å². The van der Waals surface area contributed by atoms with E-state index in [0.29, 0.717) is 23.7 Å². The van der Waals surface area contributed by atoms with E-state index in [9.17, 15) is 14.7 Å². The van der Waals surface area contributed by atoms with Crippen LogP contribution in [0.5, 0.6) is 17.2 Å². The summed E-state index contributed by atoms with van der Waals surface area (Å²) in [5.74, 6) is -0.530. The van der Waals surface area contributed by atoms with Gasteiger partial charge in [-0.05, 0) is 36.8 Å². The van der Waals surface area contributed by atoms with Crippen molar-refractivity contribution in [2.24, 2.45) is 0 Å². The van der Waals surface area contributed by atoms with Crippen LogP contribution in [0.15, 0.2) is 36.4 Å². The van der Waals surface area contributed by atoms with Gasteiger partial charge in [0.15, 0.2) is 17.2 Å². The number of carbonyl (C=O) groups excluding carboxylic acids is 2. The Morgan fingerprint density at radius 3 is 2.56 bits per heavy atom. The van der Waals surface area contributed by atoms with Crippen molar-refractivity contribution in [3.8, 4) is 17.2 Å². The molecule has 0 fully saturated rings. The molecule has 2 aromatic carbocycles. The number of benzene rings is 2. The highest BCUT2D eigenvalue weighted by Gasteiger charge is 2.17. The number of rotatable bonds is 8. The summed E-state index contributed by atoms with van der Waals surface area (Å²) in [6, 6.07) is 9.24. The largest absolute Gasteiger partial charge is 0.505 e. The van der Waals surface area contributed by atoms with Gasteiger partial charge in [0.1, 0.15) is 5.56 Å². The SMILES string of the molecule is CCCCOc1ccc(C(=O)Nc2cccc(C(=O)OC)c2O)cc1OC. The van der Waals surface area contributed by atoms with Gasteiger partial charge in [-0.3, -0.25) is 4.79 Å². The number of carbonyl (C=O) groups is 2. The first kappa shape index (κ1) is 20.1. The minimum atomic E-state index is -0.696. The molecule has 2 N–H and O–H groups in total. The molecule has 144 valence electrons. The van der Waals surface area contributed by atoms with E-state index in [0.717, 1.165) is 12.8 Å². The van der Waals surface area contributed by atoms with Gasteiger partial charge in [-0.25, -0.2) is 4.79 Å². The van der Waals surface area contributed by atoms with E-state index in [1.54, 1.807) is 18.2 Å². The Morgan fingerprint density at radius 2 is 1.89 bits per heavy atom. The van der Waals surface area contributed by atoms with Crippen LogP contribution in [0.3, 0.4) is 0 Å². The number of methoxy groups -OCH3 is 2. The fourth-order valence-corrected chi connectivity index (χ4v) is 2.37. The van der Waals surface area contributed by atoms with Gasteiger partial charge in [0.05, 0.1) is 26.5 Å². The molecule has 0 saturated carbocycles. The second kappa shape index (κ2) is 9.47. The minimum absolute atomic E-state index is 0.0347. The summed E-state index contributed by atoms with van der Waals surface area (Å²) in [5, 5.41) is 12.8. The third-order valence-electron chi connectivity index (χ3n) is 3.87. The molecule has 7 nitrogen and oxygen atoms in total. The maximum absolute atomic E-state index is 12.5. The molecule has 0 saturated heterocycles. The summed E-state index contributed by atoms with van der Waals surface area (Å²) in [5.41, 5.74) is 0.384. The first-order valence-corrected chi connectivity index (χ1v) is 8.54. The zero-order chi connectivity index (χ0) is 19.8. The lowest BCUT2D eigenvalue weighted by molar-refractivity contribution is 0.0597. The van der Waals surface area contributed by atoms with Gasteiger partial charge in [0.2, 0.25) is 0 Å². The molecule has 0 radical (unpaired) electrons. The van der Waals surface area contributed by atoms with E-state index >= 15 is 0 Å². The number of hydrogen-bond donors (Lipinski definition) is 2. The predicted molar refractivity (Wildman–Crippen MR) is 101 cm³/mol. The molecule has 1 amide bonds. The van der Waals surface area contributed by atoms with Crippen LogP contribution < -0.4 is 14.8 Å². The molecule has 0 aliphatic rings. The first-order valence-electron chi connectivity index (χ1n) is 8.54. The number of amides is 1. The molecule has 0 heterocycles. The molecule has 0 spiro atoms. The first-order chi connectivity index (χ1) is 13.0. The van der Waals surface area contributed by atoms with Gasteiger partial charge < -0.3 is 24.6 Å². The Bertz CT molecular complexity index is 818. The van der Waals surface area contributed by atoms with Gasteiger partial charge >= 0.3 is 5.97 Å². The summed E-state index contributed by atoms with van der Waals surface area (Å²) in [6.07, 6.45) is 1.93. The van der Waals surface area contributed by atoms with Crippen molar-refractivity contribution in [3.05, 3.63) is 47.5 Å². The number of phenols is 1. The third kappa shape index (κ3) is 4.91. The molecule has 0 aliphatic carbocycles. The number of nitrogens with one attached hydrogen (secondary N) is 1. The van der Waals surface area contributed by atoms with Crippen molar-refractivity contribution in [2.75, 3.05) is 26.1 Å². The van der Waals surface area contributed by atoms with Crippen LogP contribution in [-0.4, -0.2) is 37.8 Å². The number of para-hydroxylation sites is 1. The number of ether oxygens (including phenoxy) is 3. The van der Waals surface area contributed by atoms with Gasteiger partial charge in [-0.15, -0.1) is 0 Å². The molecular formula is C20H23NO6. The zero-order valence-corrected chi connectivity index (χ0v) is 15.6. The normalized spacial score (nSPS) is 10.2. The molecule has 2 rings (SSSR count). The van der Waals surface area contributed by atoms with Crippen LogP contribution in [-0.2, 0) is 4.74 Å². The smallest absolute Gasteiger partial charge is 0.341 e. The monoisotopic (exact) mass is 373 g/mol. The Balaban J connectivity index is 2.20. The second-order valence-corrected chi connectivity index (χ2v) is 5.72. The van der Waals surface area contributed by atoms with E-state index in [4.69, 9.17) is 9.47 Å². The van der Waals surface area contributed by atoms with Gasteiger partial charge in [0, 0.05) is 5.56 Å². The Morgan fingerprint density at radius 1 is 1.11 bits per heavy atom. The van der Waals surface area contributed by atoms with Crippen molar-refractivity contribution in [3.63, 3.8) is 0 Å². The Labute approximate surface area is 157 Å². The van der Waals surface area contributed by atoms with E-state index in [1.165, 1.54) is 32.4 Å².